The minimum absolute atomic E-state index is 0.228. The number of carbonyl (C=O) groups excluding carboxylic acids is 1. The zero-order valence-corrected chi connectivity index (χ0v) is 15.7. The molecule has 0 aliphatic carbocycles. The van der Waals surface area contributed by atoms with Gasteiger partial charge in [0.2, 0.25) is 0 Å². The lowest BCUT2D eigenvalue weighted by molar-refractivity contribution is 0.102. The number of nitrogens with zero attached hydrogens (tertiary/aromatic N) is 2. The zero-order chi connectivity index (χ0) is 19.4. The summed E-state index contributed by atoms with van der Waals surface area (Å²) in [6.07, 6.45) is 4.29. The smallest absolute Gasteiger partial charge is 0.255 e. The van der Waals surface area contributed by atoms with E-state index in [2.05, 4.69) is 22.2 Å². The van der Waals surface area contributed by atoms with Crippen molar-refractivity contribution in [3.63, 3.8) is 0 Å². The van der Waals surface area contributed by atoms with Crippen LogP contribution in [0.5, 0.6) is 0 Å². The van der Waals surface area contributed by atoms with E-state index >= 15 is 0 Å². The number of aryl methyl sites for hydroxylation is 2. The molecule has 1 aromatic heterocycles. The molecule has 138 valence electrons. The molecule has 0 bridgehead atoms. The number of aromatic nitrogens is 2. The molecular weight excluding hydrogens is 341 g/mol. The summed E-state index contributed by atoms with van der Waals surface area (Å²) in [6.45, 7) is 5.69. The number of halogens is 1. The summed E-state index contributed by atoms with van der Waals surface area (Å²) in [5, 5.41) is 2.88. The normalized spacial score (nSPS) is 11.9. The maximum absolute atomic E-state index is 13.4. The van der Waals surface area contributed by atoms with Crippen LogP contribution in [0.1, 0.15) is 45.7 Å². The predicted octanol–water partition coefficient (Wildman–Crippen LogP) is 4.83. The number of benzene rings is 2. The van der Waals surface area contributed by atoms with Gasteiger partial charge in [-0.2, -0.15) is 0 Å². The molecule has 0 saturated carbocycles. The molecule has 3 rings (SSSR count). The Hall–Kier alpha value is -3.08. The van der Waals surface area contributed by atoms with Crippen molar-refractivity contribution >= 4 is 11.6 Å². The molecule has 1 amide bonds. The van der Waals surface area contributed by atoms with Crippen LogP contribution in [0.2, 0.25) is 0 Å². The molecule has 5 heteroatoms. The van der Waals surface area contributed by atoms with Gasteiger partial charge in [-0.05, 0) is 67.6 Å². The molecule has 0 aliphatic rings. The van der Waals surface area contributed by atoms with Crippen LogP contribution in [-0.2, 0) is 6.42 Å². The van der Waals surface area contributed by atoms with Gasteiger partial charge < -0.3 is 5.32 Å². The van der Waals surface area contributed by atoms with E-state index < -0.39 is 0 Å². The second kappa shape index (κ2) is 8.08. The molecule has 0 unspecified atom stereocenters. The maximum atomic E-state index is 13.4. The molecule has 4 nitrogen and oxygen atoms in total. The van der Waals surface area contributed by atoms with Gasteiger partial charge in [-0.25, -0.2) is 4.39 Å². The summed E-state index contributed by atoms with van der Waals surface area (Å²) in [4.78, 5) is 21.1. The Balaban J connectivity index is 1.72. The van der Waals surface area contributed by atoms with E-state index in [4.69, 9.17) is 0 Å². The van der Waals surface area contributed by atoms with Gasteiger partial charge in [-0.1, -0.05) is 19.1 Å². The minimum atomic E-state index is -0.318. The van der Waals surface area contributed by atoms with Crippen molar-refractivity contribution in [2.45, 2.75) is 33.1 Å². The van der Waals surface area contributed by atoms with Gasteiger partial charge in [0.25, 0.3) is 5.91 Å². The third-order valence-electron chi connectivity index (χ3n) is 4.45. The van der Waals surface area contributed by atoms with E-state index in [1.54, 1.807) is 25.4 Å². The highest BCUT2D eigenvalue weighted by Crippen LogP contribution is 2.23. The van der Waals surface area contributed by atoms with Gasteiger partial charge in [0.1, 0.15) is 5.82 Å². The quantitative estimate of drug-likeness (QED) is 0.706. The van der Waals surface area contributed by atoms with Crippen molar-refractivity contribution in [1.29, 1.82) is 0 Å². The average Bonchev–Trinajstić information content (AvgIpc) is 2.64. The highest BCUT2D eigenvalue weighted by molar-refractivity contribution is 6.04. The largest absolute Gasteiger partial charge is 0.322 e. The third kappa shape index (κ3) is 4.76. The van der Waals surface area contributed by atoms with E-state index in [0.29, 0.717) is 16.8 Å². The van der Waals surface area contributed by atoms with E-state index in [9.17, 15) is 9.18 Å². The van der Waals surface area contributed by atoms with Crippen LogP contribution in [0.15, 0.2) is 54.9 Å². The average molecular weight is 363 g/mol. The highest BCUT2D eigenvalue weighted by atomic mass is 19.1. The Morgan fingerprint density at radius 1 is 1.15 bits per heavy atom. The fraction of sp³-hybridized carbons (Fsp3) is 0.227. The standard InChI is InChI=1S/C22H22FN3O/c1-14(10-20-13-24-12-16(3)25-20)17-5-4-6-19(11-17)26-22(27)18-7-8-21(23)15(2)9-18/h4-9,11-14H,10H2,1-3H3,(H,26,27)/t14-/m1/s1. The minimum Gasteiger partial charge on any atom is -0.322 e. The monoisotopic (exact) mass is 363 g/mol. The number of carbonyl (C=O) groups is 1. The molecule has 3 aromatic rings. The zero-order valence-electron chi connectivity index (χ0n) is 15.7. The Kier molecular flexibility index (Phi) is 5.60. The van der Waals surface area contributed by atoms with Crippen LogP contribution in [0.4, 0.5) is 10.1 Å². The van der Waals surface area contributed by atoms with Crippen molar-refractivity contribution in [3.8, 4) is 0 Å². The molecule has 0 saturated heterocycles. The highest BCUT2D eigenvalue weighted by Gasteiger charge is 2.12. The molecule has 1 N–H and O–H groups in total. The molecular formula is C22H22FN3O. The number of hydrogen-bond donors (Lipinski definition) is 1. The molecule has 1 atom stereocenters. The first kappa shape index (κ1) is 18.7. The van der Waals surface area contributed by atoms with Crippen molar-refractivity contribution in [1.82, 2.24) is 9.97 Å². The van der Waals surface area contributed by atoms with Gasteiger partial charge in [-0.3, -0.25) is 14.8 Å². The second-order valence-corrected chi connectivity index (χ2v) is 6.80. The SMILES string of the molecule is Cc1cncc(C[C@@H](C)c2cccc(NC(=O)c3ccc(F)c(C)c3)c2)n1. The molecule has 0 aliphatic heterocycles. The van der Waals surface area contributed by atoms with E-state index in [0.717, 1.165) is 23.4 Å². The van der Waals surface area contributed by atoms with Crippen LogP contribution in [0, 0.1) is 19.7 Å². The fourth-order valence-corrected chi connectivity index (χ4v) is 2.96. The topological polar surface area (TPSA) is 54.9 Å². The summed E-state index contributed by atoms with van der Waals surface area (Å²) < 4.78 is 13.4. The van der Waals surface area contributed by atoms with Crippen molar-refractivity contribution in [3.05, 3.63) is 88.8 Å². The van der Waals surface area contributed by atoms with Crippen molar-refractivity contribution in [2.24, 2.45) is 0 Å². The lowest BCUT2D eigenvalue weighted by Gasteiger charge is -2.14. The van der Waals surface area contributed by atoms with Crippen LogP contribution in [-0.4, -0.2) is 15.9 Å². The van der Waals surface area contributed by atoms with Crippen LogP contribution >= 0.6 is 0 Å². The van der Waals surface area contributed by atoms with Gasteiger partial charge in [0, 0.05) is 23.6 Å². The Bertz CT molecular complexity index is 971. The number of rotatable bonds is 5. The van der Waals surface area contributed by atoms with Crippen molar-refractivity contribution < 1.29 is 9.18 Å². The van der Waals surface area contributed by atoms with E-state index in [-0.39, 0.29) is 17.6 Å². The van der Waals surface area contributed by atoms with E-state index in [1.807, 2.05) is 31.2 Å². The van der Waals surface area contributed by atoms with Gasteiger partial charge >= 0.3 is 0 Å². The number of hydrogen-bond acceptors (Lipinski definition) is 3. The molecule has 0 radical (unpaired) electrons. The van der Waals surface area contributed by atoms with Crippen LogP contribution in [0.25, 0.3) is 0 Å². The molecule has 27 heavy (non-hydrogen) atoms. The third-order valence-corrected chi connectivity index (χ3v) is 4.45. The molecule has 1 heterocycles. The van der Waals surface area contributed by atoms with Crippen LogP contribution < -0.4 is 5.32 Å². The first-order valence-electron chi connectivity index (χ1n) is 8.87. The summed E-state index contributed by atoms with van der Waals surface area (Å²) in [5.74, 6) is -0.347. The Morgan fingerprint density at radius 3 is 2.70 bits per heavy atom. The summed E-state index contributed by atoms with van der Waals surface area (Å²) in [6, 6.07) is 12.1. The first-order chi connectivity index (χ1) is 12.9. The Morgan fingerprint density at radius 2 is 1.96 bits per heavy atom. The fourth-order valence-electron chi connectivity index (χ4n) is 2.96. The van der Waals surface area contributed by atoms with Crippen LogP contribution in [0.3, 0.4) is 0 Å². The summed E-state index contributed by atoms with van der Waals surface area (Å²) >= 11 is 0. The molecule has 2 aromatic carbocycles. The molecule has 0 fully saturated rings. The second-order valence-electron chi connectivity index (χ2n) is 6.80. The lowest BCUT2D eigenvalue weighted by Crippen LogP contribution is -2.12. The predicted molar refractivity (Wildman–Crippen MR) is 104 cm³/mol. The maximum Gasteiger partial charge on any atom is 0.255 e. The number of anilines is 1. The summed E-state index contributed by atoms with van der Waals surface area (Å²) in [5.41, 5.74) is 4.54. The first-order valence-corrected chi connectivity index (χ1v) is 8.87. The number of amides is 1. The van der Waals surface area contributed by atoms with Gasteiger partial charge in [0.05, 0.1) is 11.4 Å². The Labute approximate surface area is 158 Å². The lowest BCUT2D eigenvalue weighted by atomic mass is 9.96. The molecule has 0 spiro atoms. The van der Waals surface area contributed by atoms with Gasteiger partial charge in [0.15, 0.2) is 0 Å². The van der Waals surface area contributed by atoms with E-state index in [1.165, 1.54) is 12.1 Å². The summed E-state index contributed by atoms with van der Waals surface area (Å²) in [7, 11) is 0. The van der Waals surface area contributed by atoms with Gasteiger partial charge in [-0.15, -0.1) is 0 Å². The van der Waals surface area contributed by atoms with Crippen molar-refractivity contribution in [2.75, 3.05) is 5.32 Å². The number of nitrogens with one attached hydrogen (secondary N) is 1.